The van der Waals surface area contributed by atoms with Crippen LogP contribution in [0.1, 0.15) is 12.6 Å². The van der Waals surface area contributed by atoms with E-state index in [1.165, 1.54) is 6.07 Å². The molecular weight excluding hydrogens is 190 g/mol. The van der Waals surface area contributed by atoms with Crippen molar-refractivity contribution >= 4 is 16.7 Å². The zero-order chi connectivity index (χ0) is 10.3. The summed E-state index contributed by atoms with van der Waals surface area (Å²) >= 11 is 0. The summed E-state index contributed by atoms with van der Waals surface area (Å²) in [6, 6.07) is 4.71. The fraction of sp³-hybridized carbons (Fsp3) is 0.222. The normalized spacial score (nSPS) is 12.2. The predicted molar refractivity (Wildman–Crippen MR) is 48.0 cm³/mol. The minimum absolute atomic E-state index is 0.194. The lowest BCUT2D eigenvalue weighted by Gasteiger charge is -2.06. The Bertz CT molecular complexity index is 473. The van der Waals surface area contributed by atoms with Crippen molar-refractivity contribution in [1.82, 2.24) is 5.16 Å². The van der Waals surface area contributed by atoms with Gasteiger partial charge in [0.05, 0.1) is 5.39 Å². The minimum atomic E-state index is -3.04. The molecule has 0 bridgehead atoms. The summed E-state index contributed by atoms with van der Waals surface area (Å²) in [5.41, 5.74) is 5.68. The summed E-state index contributed by atoms with van der Waals surface area (Å²) in [7, 11) is 0. The van der Waals surface area contributed by atoms with Gasteiger partial charge in [-0.3, -0.25) is 0 Å². The molecule has 1 aromatic heterocycles. The van der Waals surface area contributed by atoms with Crippen LogP contribution < -0.4 is 5.73 Å². The van der Waals surface area contributed by atoms with Crippen molar-refractivity contribution in [2.45, 2.75) is 12.8 Å². The number of hydrogen-bond acceptors (Lipinski definition) is 3. The highest BCUT2D eigenvalue weighted by molar-refractivity contribution is 5.91. The van der Waals surface area contributed by atoms with Gasteiger partial charge >= 0.3 is 0 Å². The van der Waals surface area contributed by atoms with E-state index in [9.17, 15) is 8.78 Å². The number of aromatic nitrogens is 1. The van der Waals surface area contributed by atoms with Crippen LogP contribution in [-0.4, -0.2) is 5.16 Å². The third-order valence-corrected chi connectivity index (χ3v) is 1.95. The number of alkyl halides is 2. The van der Waals surface area contributed by atoms with Gasteiger partial charge in [0, 0.05) is 12.6 Å². The Morgan fingerprint density at radius 3 is 2.79 bits per heavy atom. The highest BCUT2D eigenvalue weighted by Gasteiger charge is 2.32. The number of nitrogens with two attached hydrogens (primary N) is 1. The van der Waals surface area contributed by atoms with Crippen LogP contribution in [0.5, 0.6) is 0 Å². The molecule has 14 heavy (non-hydrogen) atoms. The zero-order valence-corrected chi connectivity index (χ0v) is 7.42. The maximum atomic E-state index is 13.0. The van der Waals surface area contributed by atoms with Crippen molar-refractivity contribution in [2.75, 3.05) is 5.73 Å². The molecule has 1 aromatic carbocycles. The van der Waals surface area contributed by atoms with E-state index in [1.807, 2.05) is 0 Å². The van der Waals surface area contributed by atoms with E-state index in [0.717, 1.165) is 6.92 Å². The Kier molecular flexibility index (Phi) is 1.70. The van der Waals surface area contributed by atoms with Gasteiger partial charge in [-0.2, -0.15) is 8.78 Å². The fourth-order valence-corrected chi connectivity index (χ4v) is 1.32. The molecule has 2 N–H and O–H groups in total. The summed E-state index contributed by atoms with van der Waals surface area (Å²) in [6.07, 6.45) is 0. The van der Waals surface area contributed by atoms with E-state index in [-0.39, 0.29) is 16.7 Å². The predicted octanol–water partition coefficient (Wildman–Crippen LogP) is 2.52. The summed E-state index contributed by atoms with van der Waals surface area (Å²) in [5.74, 6) is -3.04. The Hall–Kier alpha value is -1.65. The first-order chi connectivity index (χ1) is 6.50. The van der Waals surface area contributed by atoms with Crippen molar-refractivity contribution < 1.29 is 13.3 Å². The van der Waals surface area contributed by atoms with Gasteiger partial charge in [0.2, 0.25) is 0 Å². The van der Waals surface area contributed by atoms with Gasteiger partial charge in [-0.1, -0.05) is 11.2 Å². The summed E-state index contributed by atoms with van der Waals surface area (Å²) in [6.45, 7) is 0.761. The molecular formula is C9H8F2N2O. The molecule has 74 valence electrons. The number of nitrogens with zero attached hydrogens (tertiary/aromatic N) is 1. The van der Waals surface area contributed by atoms with Gasteiger partial charge in [0.1, 0.15) is 0 Å². The topological polar surface area (TPSA) is 52.0 Å². The molecule has 0 saturated carbocycles. The van der Waals surface area contributed by atoms with E-state index in [1.54, 1.807) is 12.1 Å². The van der Waals surface area contributed by atoms with Crippen LogP contribution in [0, 0.1) is 0 Å². The van der Waals surface area contributed by atoms with Crippen LogP contribution in [-0.2, 0) is 5.92 Å². The average molecular weight is 198 g/mol. The molecule has 3 nitrogen and oxygen atoms in total. The summed E-state index contributed by atoms with van der Waals surface area (Å²) in [4.78, 5) is 0. The van der Waals surface area contributed by atoms with E-state index in [4.69, 9.17) is 10.3 Å². The van der Waals surface area contributed by atoms with Crippen LogP contribution in [0.3, 0.4) is 0 Å². The van der Waals surface area contributed by atoms with E-state index in [0.29, 0.717) is 0 Å². The number of halogens is 2. The second-order valence-electron chi connectivity index (χ2n) is 3.14. The molecule has 1 heterocycles. The van der Waals surface area contributed by atoms with Gasteiger partial charge in [0.25, 0.3) is 5.92 Å². The van der Waals surface area contributed by atoms with E-state index in [2.05, 4.69) is 5.16 Å². The third kappa shape index (κ3) is 1.21. The summed E-state index contributed by atoms with van der Waals surface area (Å²) in [5, 5.41) is 3.52. The molecule has 0 amide bonds. The lowest BCUT2D eigenvalue weighted by molar-refractivity contribution is 0.0112. The third-order valence-electron chi connectivity index (χ3n) is 1.95. The maximum Gasteiger partial charge on any atom is 0.291 e. The standard InChI is InChI=1S/C9H8F2N2O/c1-9(10,11)8-7-5(12)3-2-4-6(7)14-13-8/h2-4H,12H2,1H3. The largest absolute Gasteiger partial charge is 0.398 e. The van der Waals surface area contributed by atoms with Gasteiger partial charge in [-0.15, -0.1) is 0 Å². The molecule has 0 fully saturated rings. The van der Waals surface area contributed by atoms with Gasteiger partial charge in [-0.25, -0.2) is 0 Å². The quantitative estimate of drug-likeness (QED) is 0.716. The first kappa shape index (κ1) is 8.93. The van der Waals surface area contributed by atoms with Crippen LogP contribution in [0.4, 0.5) is 14.5 Å². The number of nitrogen functional groups attached to an aromatic ring is 1. The molecule has 0 atom stereocenters. The van der Waals surface area contributed by atoms with Crippen molar-refractivity contribution in [1.29, 1.82) is 0 Å². The SMILES string of the molecule is CC(F)(F)c1noc2cccc(N)c12. The van der Waals surface area contributed by atoms with Crippen molar-refractivity contribution in [3.63, 3.8) is 0 Å². The lowest BCUT2D eigenvalue weighted by Crippen LogP contribution is -2.08. The number of anilines is 1. The number of benzene rings is 1. The average Bonchev–Trinajstić information content (AvgIpc) is 2.47. The monoisotopic (exact) mass is 198 g/mol. The molecule has 0 aliphatic rings. The highest BCUT2D eigenvalue weighted by atomic mass is 19.3. The first-order valence-corrected chi connectivity index (χ1v) is 4.02. The molecule has 0 aliphatic carbocycles. The van der Waals surface area contributed by atoms with Crippen LogP contribution in [0.25, 0.3) is 11.0 Å². The molecule has 0 unspecified atom stereocenters. The van der Waals surface area contributed by atoms with Gasteiger partial charge in [0.15, 0.2) is 11.3 Å². The number of hydrogen-bond donors (Lipinski definition) is 1. The van der Waals surface area contributed by atoms with Gasteiger partial charge < -0.3 is 10.3 Å². The summed E-state index contributed by atoms with van der Waals surface area (Å²) < 4.78 is 30.8. The highest BCUT2D eigenvalue weighted by Crippen LogP contribution is 2.34. The second kappa shape index (κ2) is 2.67. The molecule has 5 heteroatoms. The Morgan fingerprint density at radius 2 is 2.14 bits per heavy atom. The first-order valence-electron chi connectivity index (χ1n) is 4.02. The van der Waals surface area contributed by atoms with Crippen molar-refractivity contribution in [2.24, 2.45) is 0 Å². The van der Waals surface area contributed by atoms with Crippen LogP contribution in [0.2, 0.25) is 0 Å². The molecule has 0 aliphatic heterocycles. The van der Waals surface area contributed by atoms with Crippen LogP contribution in [0.15, 0.2) is 22.7 Å². The maximum absolute atomic E-state index is 13.0. The lowest BCUT2D eigenvalue weighted by atomic mass is 10.1. The molecule has 2 aromatic rings. The molecule has 0 radical (unpaired) electrons. The number of fused-ring (bicyclic) bond motifs is 1. The van der Waals surface area contributed by atoms with Crippen molar-refractivity contribution in [3.8, 4) is 0 Å². The molecule has 2 rings (SSSR count). The van der Waals surface area contributed by atoms with Crippen molar-refractivity contribution in [3.05, 3.63) is 23.9 Å². The van der Waals surface area contributed by atoms with Gasteiger partial charge in [-0.05, 0) is 12.1 Å². The number of rotatable bonds is 1. The van der Waals surface area contributed by atoms with E-state index < -0.39 is 11.6 Å². The van der Waals surface area contributed by atoms with E-state index >= 15 is 0 Å². The Balaban J connectivity index is 2.80. The Morgan fingerprint density at radius 1 is 1.43 bits per heavy atom. The Labute approximate surface area is 78.5 Å². The molecule has 0 spiro atoms. The minimum Gasteiger partial charge on any atom is -0.398 e. The fourth-order valence-electron chi connectivity index (χ4n) is 1.32. The second-order valence-corrected chi connectivity index (χ2v) is 3.14. The smallest absolute Gasteiger partial charge is 0.291 e. The zero-order valence-electron chi connectivity index (χ0n) is 7.42. The molecule has 0 saturated heterocycles. The van der Waals surface area contributed by atoms with Crippen LogP contribution >= 0.6 is 0 Å².